The summed E-state index contributed by atoms with van der Waals surface area (Å²) in [5, 5.41) is 18.1. The second-order valence-electron chi connectivity index (χ2n) is 6.78. The molecule has 1 unspecified atom stereocenters. The first-order valence-corrected chi connectivity index (χ1v) is 10.0. The van der Waals surface area contributed by atoms with E-state index in [0.29, 0.717) is 35.0 Å². The average Bonchev–Trinajstić information content (AvgIpc) is 3.20. The maximum atomic E-state index is 12.5. The smallest absolute Gasteiger partial charge is 0.353 e. The number of nitrogens with two attached hydrogens (primary N) is 1. The molecular weight excluding hydrogens is 449 g/mol. The van der Waals surface area contributed by atoms with E-state index in [1.807, 2.05) is 0 Å². The van der Waals surface area contributed by atoms with Gasteiger partial charge in [-0.3, -0.25) is 19.7 Å². The number of halogens is 2. The van der Waals surface area contributed by atoms with Gasteiger partial charge in [0.2, 0.25) is 23.5 Å². The van der Waals surface area contributed by atoms with Crippen LogP contribution in [0, 0.1) is 10.1 Å². The van der Waals surface area contributed by atoms with Gasteiger partial charge in [0.25, 0.3) is 0 Å². The third-order valence-corrected chi connectivity index (χ3v) is 5.30. The normalized spacial score (nSPS) is 15.5. The van der Waals surface area contributed by atoms with E-state index in [1.54, 1.807) is 18.2 Å². The number of hydrogen-bond acceptors (Lipinski definition) is 8. The van der Waals surface area contributed by atoms with Crippen molar-refractivity contribution < 1.29 is 14.5 Å². The highest BCUT2D eigenvalue weighted by molar-refractivity contribution is 6.35. The lowest BCUT2D eigenvalue weighted by Gasteiger charge is -2.24. The van der Waals surface area contributed by atoms with Crippen molar-refractivity contribution in [2.24, 2.45) is 5.73 Å². The van der Waals surface area contributed by atoms with Crippen LogP contribution in [0.15, 0.2) is 24.5 Å². The van der Waals surface area contributed by atoms with Crippen molar-refractivity contribution >= 4 is 52.3 Å². The van der Waals surface area contributed by atoms with E-state index in [1.165, 1.54) is 11.2 Å². The molecule has 1 saturated heterocycles. The number of aromatic nitrogens is 2. The molecule has 0 spiro atoms. The number of nitrogens with one attached hydrogen (secondary N) is 2. The van der Waals surface area contributed by atoms with Gasteiger partial charge in [-0.1, -0.05) is 29.3 Å². The largest absolute Gasteiger partial charge is 0.368 e. The number of benzene rings is 1. The Balaban J connectivity index is 1.86. The maximum Gasteiger partial charge on any atom is 0.353 e. The predicted octanol–water partition coefficient (Wildman–Crippen LogP) is 1.87. The predicted molar refractivity (Wildman–Crippen MR) is 115 cm³/mol. The number of carbonyl (C=O) groups is 2. The second-order valence-corrected chi connectivity index (χ2v) is 7.62. The Hall–Kier alpha value is -3.18. The van der Waals surface area contributed by atoms with Crippen LogP contribution in [0.25, 0.3) is 0 Å². The van der Waals surface area contributed by atoms with Crippen LogP contribution in [0.1, 0.15) is 18.4 Å². The fourth-order valence-corrected chi connectivity index (χ4v) is 3.78. The quantitative estimate of drug-likeness (QED) is 0.392. The Bertz CT molecular complexity index is 1020. The van der Waals surface area contributed by atoms with Gasteiger partial charge < -0.3 is 21.3 Å². The van der Waals surface area contributed by atoms with Gasteiger partial charge in [-0.25, -0.2) is 9.97 Å². The molecule has 1 aliphatic heterocycles. The first-order valence-electron chi connectivity index (χ1n) is 9.27. The number of hydrogen-bond donors (Lipinski definition) is 3. The summed E-state index contributed by atoms with van der Waals surface area (Å²) in [5.74, 6) is -1.13. The minimum absolute atomic E-state index is 0.00999. The summed E-state index contributed by atoms with van der Waals surface area (Å²) in [4.78, 5) is 44.3. The van der Waals surface area contributed by atoms with Crippen molar-refractivity contribution in [3.05, 3.63) is 50.2 Å². The standard InChI is InChI=1S/C18H19Cl2N7O4/c19-11-4-3-10(12(20)6-11)7-22-16-15(27(30)31)17(25-9-24-16)26-5-1-2-13(26)18(29)23-8-14(21)28/h3-4,6,9,13H,1-2,5,7-8H2,(H2,21,28)(H,23,29)(H,22,24,25). The van der Waals surface area contributed by atoms with Crippen molar-refractivity contribution in [1.29, 1.82) is 0 Å². The summed E-state index contributed by atoms with van der Waals surface area (Å²) >= 11 is 12.1. The average molecular weight is 468 g/mol. The molecule has 2 amide bonds. The molecule has 11 nitrogen and oxygen atoms in total. The van der Waals surface area contributed by atoms with Gasteiger partial charge in [0.05, 0.1) is 11.5 Å². The molecular formula is C18H19Cl2N7O4. The van der Waals surface area contributed by atoms with Crippen LogP contribution in [0.2, 0.25) is 10.0 Å². The van der Waals surface area contributed by atoms with Crippen molar-refractivity contribution in [3.8, 4) is 0 Å². The third kappa shape index (κ3) is 5.30. The number of carbonyl (C=O) groups excluding carboxylic acids is 2. The topological polar surface area (TPSA) is 156 Å². The van der Waals surface area contributed by atoms with Gasteiger partial charge in [-0.2, -0.15) is 0 Å². The highest BCUT2D eigenvalue weighted by Gasteiger charge is 2.37. The van der Waals surface area contributed by atoms with Crippen LogP contribution in [0.3, 0.4) is 0 Å². The zero-order valence-corrected chi connectivity index (χ0v) is 17.7. The van der Waals surface area contributed by atoms with Crippen molar-refractivity contribution in [1.82, 2.24) is 15.3 Å². The molecule has 1 fully saturated rings. The van der Waals surface area contributed by atoms with E-state index in [9.17, 15) is 19.7 Å². The SMILES string of the molecule is NC(=O)CNC(=O)C1CCCN1c1ncnc(NCc2ccc(Cl)cc2Cl)c1[N+](=O)[O-]. The molecule has 0 bridgehead atoms. The molecule has 13 heteroatoms. The third-order valence-electron chi connectivity index (χ3n) is 4.71. The number of primary amides is 1. The Morgan fingerprint density at radius 1 is 1.32 bits per heavy atom. The van der Waals surface area contributed by atoms with E-state index in [0.717, 1.165) is 0 Å². The molecule has 1 atom stereocenters. The zero-order chi connectivity index (χ0) is 22.5. The number of anilines is 2. The molecule has 1 aliphatic rings. The van der Waals surface area contributed by atoms with E-state index >= 15 is 0 Å². The summed E-state index contributed by atoms with van der Waals surface area (Å²) < 4.78 is 0. The van der Waals surface area contributed by atoms with Crippen molar-refractivity contribution in [2.45, 2.75) is 25.4 Å². The molecule has 1 aromatic carbocycles. The lowest BCUT2D eigenvalue weighted by Crippen LogP contribution is -2.46. The fraction of sp³-hybridized carbons (Fsp3) is 0.333. The molecule has 164 valence electrons. The molecule has 4 N–H and O–H groups in total. The fourth-order valence-electron chi connectivity index (χ4n) is 3.31. The summed E-state index contributed by atoms with van der Waals surface area (Å²) in [7, 11) is 0. The number of amides is 2. The maximum absolute atomic E-state index is 12.5. The molecule has 2 heterocycles. The summed E-state index contributed by atoms with van der Waals surface area (Å²) in [5.41, 5.74) is 5.38. The number of nitrogens with zero attached hydrogens (tertiary/aromatic N) is 4. The molecule has 3 rings (SSSR count). The van der Waals surface area contributed by atoms with Gasteiger partial charge in [0.15, 0.2) is 0 Å². The minimum atomic E-state index is -0.716. The zero-order valence-electron chi connectivity index (χ0n) is 16.2. The minimum Gasteiger partial charge on any atom is -0.368 e. The summed E-state index contributed by atoms with van der Waals surface area (Å²) in [6.07, 6.45) is 2.26. The highest BCUT2D eigenvalue weighted by atomic mass is 35.5. The molecule has 31 heavy (non-hydrogen) atoms. The molecule has 1 aromatic heterocycles. The number of nitro groups is 1. The second kappa shape index (κ2) is 9.75. The Kier molecular flexibility index (Phi) is 7.08. The molecule has 0 aliphatic carbocycles. The molecule has 0 radical (unpaired) electrons. The highest BCUT2D eigenvalue weighted by Crippen LogP contribution is 2.36. The summed E-state index contributed by atoms with van der Waals surface area (Å²) in [6, 6.07) is 4.21. The Morgan fingerprint density at radius 2 is 2.10 bits per heavy atom. The monoisotopic (exact) mass is 467 g/mol. The lowest BCUT2D eigenvalue weighted by atomic mass is 10.2. The van der Waals surface area contributed by atoms with E-state index in [-0.39, 0.29) is 30.4 Å². The lowest BCUT2D eigenvalue weighted by molar-refractivity contribution is -0.383. The van der Waals surface area contributed by atoms with Gasteiger partial charge in [-0.15, -0.1) is 0 Å². The molecule has 0 saturated carbocycles. The first-order chi connectivity index (χ1) is 14.8. The van der Waals surface area contributed by atoms with Crippen LogP contribution in [-0.4, -0.2) is 45.8 Å². The van der Waals surface area contributed by atoms with Gasteiger partial charge in [0.1, 0.15) is 12.4 Å². The van der Waals surface area contributed by atoms with E-state index in [2.05, 4.69) is 20.6 Å². The summed E-state index contributed by atoms with van der Waals surface area (Å²) in [6.45, 7) is 0.231. The van der Waals surface area contributed by atoms with Gasteiger partial charge >= 0.3 is 5.69 Å². The van der Waals surface area contributed by atoms with E-state index < -0.39 is 22.8 Å². The van der Waals surface area contributed by atoms with Gasteiger partial charge in [0, 0.05) is 23.1 Å². The first kappa shape index (κ1) is 22.5. The van der Waals surface area contributed by atoms with E-state index in [4.69, 9.17) is 28.9 Å². The van der Waals surface area contributed by atoms with Gasteiger partial charge in [-0.05, 0) is 30.5 Å². The van der Waals surface area contributed by atoms with Crippen LogP contribution in [0.4, 0.5) is 17.3 Å². The molecule has 2 aromatic rings. The Labute approximate surface area is 187 Å². The van der Waals surface area contributed by atoms with Crippen molar-refractivity contribution in [2.75, 3.05) is 23.3 Å². The number of rotatable bonds is 8. The van der Waals surface area contributed by atoms with Crippen LogP contribution < -0.4 is 21.3 Å². The van der Waals surface area contributed by atoms with Crippen LogP contribution >= 0.6 is 23.2 Å². The van der Waals surface area contributed by atoms with Crippen LogP contribution in [-0.2, 0) is 16.1 Å². The van der Waals surface area contributed by atoms with Crippen molar-refractivity contribution in [3.63, 3.8) is 0 Å². The van der Waals surface area contributed by atoms with Crippen LogP contribution in [0.5, 0.6) is 0 Å². The Morgan fingerprint density at radius 3 is 2.77 bits per heavy atom.